The van der Waals surface area contributed by atoms with Crippen LogP contribution in [0.1, 0.15) is 43.8 Å². The van der Waals surface area contributed by atoms with Gasteiger partial charge in [0.05, 0.1) is 0 Å². The maximum Gasteiger partial charge on any atom is 0.147 e. The van der Waals surface area contributed by atoms with E-state index in [1.165, 1.54) is 32.1 Å². The van der Waals surface area contributed by atoms with Gasteiger partial charge in [0.25, 0.3) is 0 Å². The molecular formula is C12H22N4. The number of aryl methyl sites for hydroxylation is 2. The highest BCUT2D eigenvalue weighted by atomic mass is 15.3. The van der Waals surface area contributed by atoms with Crippen molar-refractivity contribution >= 4 is 0 Å². The minimum atomic E-state index is 0.255. The predicted molar refractivity (Wildman–Crippen MR) is 64.3 cm³/mol. The van der Waals surface area contributed by atoms with E-state index in [-0.39, 0.29) is 5.54 Å². The highest BCUT2D eigenvalue weighted by Gasteiger charge is 2.31. The Morgan fingerprint density at radius 3 is 2.50 bits per heavy atom. The number of likely N-dealkylation sites (N-methyl/N-ethyl adjacent to an activating group) is 1. The van der Waals surface area contributed by atoms with Crippen LogP contribution < -0.4 is 5.32 Å². The number of nitrogens with zero attached hydrogens (tertiary/aromatic N) is 3. The lowest BCUT2D eigenvalue weighted by Gasteiger charge is -2.36. The van der Waals surface area contributed by atoms with E-state index in [1.807, 2.05) is 18.7 Å². The molecule has 0 amide bonds. The lowest BCUT2D eigenvalue weighted by Crippen LogP contribution is -2.47. The lowest BCUT2D eigenvalue weighted by molar-refractivity contribution is 0.239. The Morgan fingerprint density at radius 1 is 1.31 bits per heavy atom. The van der Waals surface area contributed by atoms with Gasteiger partial charge in [0, 0.05) is 19.0 Å². The third-order valence-electron chi connectivity index (χ3n) is 3.80. The number of nitrogens with one attached hydrogen (secondary N) is 1. The normalized spacial score (nSPS) is 19.9. The fraction of sp³-hybridized carbons (Fsp3) is 0.833. The topological polar surface area (TPSA) is 42.7 Å². The fourth-order valence-electron chi connectivity index (χ4n) is 2.76. The zero-order valence-corrected chi connectivity index (χ0v) is 10.6. The van der Waals surface area contributed by atoms with Gasteiger partial charge < -0.3 is 5.32 Å². The van der Waals surface area contributed by atoms with Crippen LogP contribution in [0.5, 0.6) is 0 Å². The molecule has 0 unspecified atom stereocenters. The number of rotatable bonds is 3. The third kappa shape index (κ3) is 2.26. The zero-order valence-electron chi connectivity index (χ0n) is 10.6. The van der Waals surface area contributed by atoms with Crippen LogP contribution in [-0.4, -0.2) is 27.4 Å². The van der Waals surface area contributed by atoms with Crippen LogP contribution in [0.3, 0.4) is 0 Å². The van der Waals surface area contributed by atoms with Crippen LogP contribution in [0.4, 0.5) is 0 Å². The smallest absolute Gasteiger partial charge is 0.147 e. The van der Waals surface area contributed by atoms with Crippen LogP contribution in [-0.2, 0) is 13.5 Å². The Hall–Kier alpha value is -0.900. The first-order chi connectivity index (χ1) is 7.65. The van der Waals surface area contributed by atoms with Gasteiger partial charge >= 0.3 is 0 Å². The number of hydrogen-bond acceptors (Lipinski definition) is 3. The molecule has 1 aliphatic carbocycles. The molecule has 1 fully saturated rings. The van der Waals surface area contributed by atoms with Gasteiger partial charge in [-0.05, 0) is 26.8 Å². The van der Waals surface area contributed by atoms with Gasteiger partial charge in [0.1, 0.15) is 11.6 Å². The van der Waals surface area contributed by atoms with Gasteiger partial charge in [-0.25, -0.2) is 4.98 Å². The molecule has 1 saturated carbocycles. The lowest BCUT2D eigenvalue weighted by atomic mass is 9.79. The molecule has 0 spiro atoms. The summed E-state index contributed by atoms with van der Waals surface area (Å²) in [7, 11) is 4.07. The molecule has 0 radical (unpaired) electrons. The molecule has 0 aromatic carbocycles. The largest absolute Gasteiger partial charge is 0.314 e. The molecule has 1 heterocycles. The second-order valence-corrected chi connectivity index (χ2v) is 4.97. The van der Waals surface area contributed by atoms with Crippen LogP contribution in [0, 0.1) is 6.92 Å². The summed E-state index contributed by atoms with van der Waals surface area (Å²) in [5.74, 6) is 1.98. The average Bonchev–Trinajstić information content (AvgIpc) is 2.59. The van der Waals surface area contributed by atoms with Crippen LogP contribution in [0.15, 0.2) is 0 Å². The second kappa shape index (κ2) is 4.53. The quantitative estimate of drug-likeness (QED) is 0.844. The monoisotopic (exact) mass is 222 g/mol. The average molecular weight is 222 g/mol. The molecule has 1 aromatic rings. The van der Waals surface area contributed by atoms with Gasteiger partial charge in [0.2, 0.25) is 0 Å². The minimum absolute atomic E-state index is 0.255. The molecule has 0 bridgehead atoms. The molecule has 0 atom stereocenters. The number of hydrogen-bond donors (Lipinski definition) is 1. The van der Waals surface area contributed by atoms with Crippen molar-refractivity contribution in [3.63, 3.8) is 0 Å². The first-order valence-corrected chi connectivity index (χ1v) is 6.21. The minimum Gasteiger partial charge on any atom is -0.314 e. The van der Waals surface area contributed by atoms with E-state index in [4.69, 9.17) is 0 Å². The summed E-state index contributed by atoms with van der Waals surface area (Å²) in [6.07, 6.45) is 7.56. The standard InChI is InChI=1S/C12H22N4/c1-10-14-11(16(3)15-10)9-12(13-2)7-5-4-6-8-12/h13H,4-9H2,1-3H3. The van der Waals surface area contributed by atoms with Crippen molar-refractivity contribution in [2.75, 3.05) is 7.05 Å². The molecule has 1 aromatic heterocycles. The molecule has 2 rings (SSSR count). The van der Waals surface area contributed by atoms with Gasteiger partial charge in [-0.3, -0.25) is 4.68 Å². The first kappa shape index (κ1) is 11.6. The maximum atomic E-state index is 4.51. The van der Waals surface area contributed by atoms with E-state index in [1.54, 1.807) is 0 Å². The highest BCUT2D eigenvalue weighted by molar-refractivity contribution is 5.02. The summed E-state index contributed by atoms with van der Waals surface area (Å²) in [4.78, 5) is 4.51. The Morgan fingerprint density at radius 2 is 2.00 bits per heavy atom. The van der Waals surface area contributed by atoms with E-state index < -0.39 is 0 Å². The van der Waals surface area contributed by atoms with E-state index in [0.29, 0.717) is 0 Å². The van der Waals surface area contributed by atoms with Gasteiger partial charge in [0.15, 0.2) is 0 Å². The third-order valence-corrected chi connectivity index (χ3v) is 3.80. The van der Waals surface area contributed by atoms with Crippen molar-refractivity contribution in [2.24, 2.45) is 7.05 Å². The molecule has 4 nitrogen and oxygen atoms in total. The Labute approximate surface area is 97.5 Å². The fourth-order valence-corrected chi connectivity index (χ4v) is 2.76. The predicted octanol–water partition coefficient (Wildman–Crippen LogP) is 1.59. The summed E-state index contributed by atoms with van der Waals surface area (Å²) in [5, 5.41) is 7.84. The van der Waals surface area contributed by atoms with Crippen LogP contribution >= 0.6 is 0 Å². The summed E-state index contributed by atoms with van der Waals surface area (Å²) >= 11 is 0. The molecule has 90 valence electrons. The molecule has 0 saturated heterocycles. The van der Waals surface area contributed by atoms with Crippen LogP contribution in [0.25, 0.3) is 0 Å². The van der Waals surface area contributed by atoms with Crippen molar-refractivity contribution in [3.05, 3.63) is 11.6 Å². The first-order valence-electron chi connectivity index (χ1n) is 6.21. The molecule has 16 heavy (non-hydrogen) atoms. The van der Waals surface area contributed by atoms with E-state index in [2.05, 4.69) is 22.4 Å². The van der Waals surface area contributed by atoms with E-state index >= 15 is 0 Å². The molecular weight excluding hydrogens is 200 g/mol. The summed E-state index contributed by atoms with van der Waals surface area (Å²) in [6, 6.07) is 0. The Balaban J connectivity index is 2.14. The number of aromatic nitrogens is 3. The van der Waals surface area contributed by atoms with Crippen molar-refractivity contribution in [2.45, 2.75) is 51.0 Å². The Kier molecular flexibility index (Phi) is 3.28. The van der Waals surface area contributed by atoms with E-state index in [0.717, 1.165) is 18.1 Å². The van der Waals surface area contributed by atoms with Gasteiger partial charge in [-0.1, -0.05) is 19.3 Å². The molecule has 0 aliphatic heterocycles. The van der Waals surface area contributed by atoms with Crippen molar-refractivity contribution < 1.29 is 0 Å². The molecule has 1 N–H and O–H groups in total. The van der Waals surface area contributed by atoms with Crippen molar-refractivity contribution in [1.82, 2.24) is 20.1 Å². The maximum absolute atomic E-state index is 4.51. The van der Waals surface area contributed by atoms with Crippen LogP contribution in [0.2, 0.25) is 0 Å². The zero-order chi connectivity index (χ0) is 11.6. The molecule has 1 aliphatic rings. The van der Waals surface area contributed by atoms with Gasteiger partial charge in [-0.2, -0.15) is 5.10 Å². The van der Waals surface area contributed by atoms with Crippen molar-refractivity contribution in [3.8, 4) is 0 Å². The summed E-state index contributed by atoms with van der Waals surface area (Å²) in [6.45, 7) is 1.95. The molecule has 4 heteroatoms. The van der Waals surface area contributed by atoms with Gasteiger partial charge in [-0.15, -0.1) is 0 Å². The SMILES string of the molecule is CNC1(Cc2nc(C)nn2C)CCCCC1. The highest BCUT2D eigenvalue weighted by Crippen LogP contribution is 2.30. The second-order valence-electron chi connectivity index (χ2n) is 4.97. The Bertz CT molecular complexity index is 350. The summed E-state index contributed by atoms with van der Waals surface area (Å²) in [5.41, 5.74) is 0.255. The van der Waals surface area contributed by atoms with Crippen molar-refractivity contribution in [1.29, 1.82) is 0 Å². The van der Waals surface area contributed by atoms with E-state index in [9.17, 15) is 0 Å². The summed E-state index contributed by atoms with van der Waals surface area (Å²) < 4.78 is 1.92.